The number of quaternary nitrogens is 1. The van der Waals surface area contributed by atoms with Gasteiger partial charge in [0, 0.05) is 17.7 Å². The van der Waals surface area contributed by atoms with Crippen LogP contribution in [0.5, 0.6) is 5.75 Å². The summed E-state index contributed by atoms with van der Waals surface area (Å²) in [6.45, 7) is 4.01. The monoisotopic (exact) mass is 357 g/mol. The van der Waals surface area contributed by atoms with E-state index in [1.165, 1.54) is 57.2 Å². The number of hydrogen-bond donors (Lipinski definition) is 2. The van der Waals surface area contributed by atoms with Gasteiger partial charge >= 0.3 is 0 Å². The molecule has 0 bridgehead atoms. The Labute approximate surface area is 154 Å². The molecule has 1 saturated heterocycles. The lowest BCUT2D eigenvalue weighted by Crippen LogP contribution is -3.11. The highest BCUT2D eigenvalue weighted by Gasteiger charge is 2.14. The van der Waals surface area contributed by atoms with Gasteiger partial charge in [0.2, 0.25) is 0 Å². The number of halogens is 1. The third-order valence-corrected chi connectivity index (χ3v) is 4.90. The normalized spacial score (nSPS) is 14.8. The minimum absolute atomic E-state index is 0.132. The number of carbonyl (C=O) groups is 1. The van der Waals surface area contributed by atoms with E-state index in [4.69, 9.17) is 4.74 Å². The first-order chi connectivity index (χ1) is 12.7. The van der Waals surface area contributed by atoms with E-state index in [1.54, 1.807) is 11.0 Å². The minimum atomic E-state index is -0.537. The summed E-state index contributed by atoms with van der Waals surface area (Å²) in [5.74, 6) is -0.703. The molecule has 0 aromatic heterocycles. The van der Waals surface area contributed by atoms with Crippen molar-refractivity contribution in [1.29, 1.82) is 0 Å². The molecule has 2 aromatic rings. The van der Waals surface area contributed by atoms with Crippen LogP contribution < -0.4 is 15.0 Å². The zero-order valence-corrected chi connectivity index (χ0v) is 15.2. The quantitative estimate of drug-likeness (QED) is 0.833. The Kier molecular flexibility index (Phi) is 6.23. The number of methoxy groups -OCH3 is 1. The molecule has 1 heterocycles. The summed E-state index contributed by atoms with van der Waals surface area (Å²) in [7, 11) is 1.40. The molecule has 1 aliphatic heterocycles. The van der Waals surface area contributed by atoms with E-state index in [-0.39, 0.29) is 17.2 Å². The van der Waals surface area contributed by atoms with Gasteiger partial charge in [0.15, 0.2) is 11.6 Å². The molecule has 0 unspecified atom stereocenters. The maximum atomic E-state index is 13.7. The van der Waals surface area contributed by atoms with E-state index < -0.39 is 5.82 Å². The van der Waals surface area contributed by atoms with E-state index in [1.807, 2.05) is 12.1 Å². The van der Waals surface area contributed by atoms with Crippen molar-refractivity contribution in [3.63, 3.8) is 0 Å². The van der Waals surface area contributed by atoms with E-state index >= 15 is 0 Å². The number of hydrogen-bond acceptors (Lipinski definition) is 2. The van der Waals surface area contributed by atoms with Crippen LogP contribution in [0.25, 0.3) is 0 Å². The summed E-state index contributed by atoms with van der Waals surface area (Å²) >= 11 is 0. The maximum Gasteiger partial charge on any atom is 0.251 e. The van der Waals surface area contributed by atoms with Crippen LogP contribution in [0.3, 0.4) is 0 Å². The van der Waals surface area contributed by atoms with Crippen LogP contribution in [0.1, 0.15) is 40.7 Å². The molecule has 2 aromatic carbocycles. The smallest absolute Gasteiger partial charge is 0.251 e. The summed E-state index contributed by atoms with van der Waals surface area (Å²) in [5.41, 5.74) is 2.65. The van der Waals surface area contributed by atoms with Gasteiger partial charge in [-0.05, 0) is 43.0 Å². The Morgan fingerprint density at radius 1 is 1.08 bits per heavy atom. The Morgan fingerprint density at radius 2 is 1.77 bits per heavy atom. The van der Waals surface area contributed by atoms with Gasteiger partial charge in [-0.15, -0.1) is 0 Å². The third-order valence-electron chi connectivity index (χ3n) is 4.90. The molecule has 0 saturated carbocycles. The van der Waals surface area contributed by atoms with Gasteiger partial charge in [-0.1, -0.05) is 24.3 Å². The number of ether oxygens (including phenoxy) is 1. The van der Waals surface area contributed by atoms with Crippen LogP contribution >= 0.6 is 0 Å². The van der Waals surface area contributed by atoms with Crippen LogP contribution in [0.2, 0.25) is 0 Å². The number of amides is 1. The first-order valence-corrected chi connectivity index (χ1v) is 9.19. The molecule has 26 heavy (non-hydrogen) atoms. The largest absolute Gasteiger partial charge is 0.494 e. The van der Waals surface area contributed by atoms with Crippen LogP contribution in [0.15, 0.2) is 42.5 Å². The van der Waals surface area contributed by atoms with Gasteiger partial charge in [0.1, 0.15) is 6.54 Å². The Morgan fingerprint density at radius 3 is 2.42 bits per heavy atom. The second-order valence-electron chi connectivity index (χ2n) is 6.84. The topological polar surface area (TPSA) is 42.8 Å². The van der Waals surface area contributed by atoms with Gasteiger partial charge in [0.05, 0.1) is 20.2 Å². The third kappa shape index (κ3) is 4.82. The van der Waals surface area contributed by atoms with Crippen LogP contribution in [-0.2, 0) is 13.1 Å². The lowest BCUT2D eigenvalue weighted by atomic mass is 10.1. The summed E-state index contributed by atoms with van der Waals surface area (Å²) in [4.78, 5) is 13.8. The van der Waals surface area contributed by atoms with Crippen molar-refractivity contribution in [1.82, 2.24) is 5.32 Å². The second-order valence-corrected chi connectivity index (χ2v) is 6.84. The molecule has 5 heteroatoms. The van der Waals surface area contributed by atoms with E-state index in [0.717, 1.165) is 12.1 Å². The molecule has 1 fully saturated rings. The molecule has 0 atom stereocenters. The van der Waals surface area contributed by atoms with Crippen molar-refractivity contribution < 1.29 is 18.8 Å². The Balaban J connectivity index is 1.52. The molecule has 3 rings (SSSR count). The Bertz CT molecular complexity index is 740. The van der Waals surface area contributed by atoms with Crippen molar-refractivity contribution in [3.05, 3.63) is 65.0 Å². The molecule has 2 N–H and O–H groups in total. The number of carbonyl (C=O) groups excluding carboxylic acids is 1. The Hall–Kier alpha value is -2.40. The fourth-order valence-corrected chi connectivity index (χ4v) is 3.38. The maximum absolute atomic E-state index is 13.7. The molecule has 4 nitrogen and oxygen atoms in total. The highest BCUT2D eigenvalue weighted by molar-refractivity contribution is 5.94. The van der Waals surface area contributed by atoms with E-state index in [9.17, 15) is 9.18 Å². The van der Waals surface area contributed by atoms with Gasteiger partial charge < -0.3 is 15.0 Å². The van der Waals surface area contributed by atoms with E-state index in [2.05, 4.69) is 17.4 Å². The fourth-order valence-electron chi connectivity index (χ4n) is 3.38. The van der Waals surface area contributed by atoms with Crippen molar-refractivity contribution in [3.8, 4) is 5.75 Å². The number of piperidine rings is 1. The van der Waals surface area contributed by atoms with Crippen molar-refractivity contribution >= 4 is 5.91 Å². The first kappa shape index (κ1) is 18.4. The zero-order chi connectivity index (χ0) is 18.4. The molecule has 0 aliphatic carbocycles. The predicted molar refractivity (Wildman–Crippen MR) is 98.8 cm³/mol. The molecule has 1 amide bonds. The van der Waals surface area contributed by atoms with Crippen LogP contribution in [0.4, 0.5) is 4.39 Å². The van der Waals surface area contributed by atoms with Crippen molar-refractivity contribution in [2.75, 3.05) is 20.2 Å². The lowest BCUT2D eigenvalue weighted by molar-refractivity contribution is -0.918. The molecular weight excluding hydrogens is 331 g/mol. The van der Waals surface area contributed by atoms with Gasteiger partial charge in [-0.3, -0.25) is 4.79 Å². The first-order valence-electron chi connectivity index (χ1n) is 9.19. The highest BCUT2D eigenvalue weighted by Crippen LogP contribution is 2.17. The van der Waals surface area contributed by atoms with Crippen molar-refractivity contribution in [2.45, 2.75) is 32.4 Å². The molecule has 0 radical (unpaired) electrons. The number of nitrogens with one attached hydrogen (secondary N) is 2. The van der Waals surface area contributed by atoms with Crippen LogP contribution in [-0.4, -0.2) is 26.1 Å². The summed E-state index contributed by atoms with van der Waals surface area (Å²) in [6, 6.07) is 12.6. The number of rotatable bonds is 6. The average Bonchev–Trinajstić information content (AvgIpc) is 2.68. The zero-order valence-electron chi connectivity index (χ0n) is 15.2. The van der Waals surface area contributed by atoms with Crippen LogP contribution in [0, 0.1) is 5.82 Å². The number of likely N-dealkylation sites (tertiary alicyclic amines) is 1. The minimum Gasteiger partial charge on any atom is -0.494 e. The molecule has 1 aliphatic rings. The number of benzene rings is 2. The summed E-state index contributed by atoms with van der Waals surface area (Å²) in [5, 5.41) is 2.83. The lowest BCUT2D eigenvalue weighted by Gasteiger charge is -2.23. The fraction of sp³-hybridized carbons (Fsp3) is 0.381. The summed E-state index contributed by atoms with van der Waals surface area (Å²) in [6.07, 6.45) is 4.01. The average molecular weight is 357 g/mol. The van der Waals surface area contributed by atoms with Gasteiger partial charge in [-0.2, -0.15) is 0 Å². The standard InChI is InChI=1S/C21H25FN2O2/c1-26-20-10-9-18(13-19(20)22)21(25)23-14-16-5-7-17(8-6-16)15-24-11-3-2-4-12-24/h5-10,13H,2-4,11-12,14-15H2,1H3,(H,23,25)/p+1. The van der Waals surface area contributed by atoms with Gasteiger partial charge in [0.25, 0.3) is 5.91 Å². The van der Waals surface area contributed by atoms with Gasteiger partial charge in [-0.25, -0.2) is 4.39 Å². The molecule has 0 spiro atoms. The van der Waals surface area contributed by atoms with E-state index in [0.29, 0.717) is 6.54 Å². The second kappa shape index (κ2) is 8.81. The SMILES string of the molecule is COc1ccc(C(=O)NCc2ccc(C[NH+]3CCCCC3)cc2)cc1F. The highest BCUT2D eigenvalue weighted by atomic mass is 19.1. The molecule has 138 valence electrons. The molecular formula is C21H26FN2O2+. The predicted octanol–water partition coefficient (Wildman–Crippen LogP) is 2.33. The summed E-state index contributed by atoms with van der Waals surface area (Å²) < 4.78 is 18.6. The van der Waals surface area contributed by atoms with Crippen molar-refractivity contribution in [2.24, 2.45) is 0 Å².